The molecule has 5 nitrogen and oxygen atoms in total. The van der Waals surface area contributed by atoms with Crippen LogP contribution in [0, 0.1) is 0 Å². The Balaban J connectivity index is 1.42. The molecule has 1 atom stereocenters. The summed E-state index contributed by atoms with van der Waals surface area (Å²) < 4.78 is 22.8. The fourth-order valence-electron chi connectivity index (χ4n) is 3.96. The minimum absolute atomic E-state index is 0.0744. The van der Waals surface area contributed by atoms with Gasteiger partial charge in [-0.15, -0.1) is 0 Å². The van der Waals surface area contributed by atoms with Crippen molar-refractivity contribution in [1.29, 1.82) is 0 Å². The highest BCUT2D eigenvalue weighted by Crippen LogP contribution is 2.41. The topological polar surface area (TPSA) is 49.0 Å². The third kappa shape index (κ3) is 3.49. The molecule has 0 saturated carbocycles. The summed E-state index contributed by atoms with van der Waals surface area (Å²) in [6.07, 6.45) is 0.970. The summed E-state index contributed by atoms with van der Waals surface area (Å²) >= 11 is 0. The minimum Gasteiger partial charge on any atom is -0.493 e. The maximum atomic E-state index is 6.00. The van der Waals surface area contributed by atoms with Gasteiger partial charge < -0.3 is 24.3 Å². The van der Waals surface area contributed by atoms with Gasteiger partial charge in [-0.25, -0.2) is 0 Å². The lowest BCUT2D eigenvalue weighted by atomic mass is 9.89. The van der Waals surface area contributed by atoms with E-state index in [0.29, 0.717) is 6.61 Å². The Hall–Kier alpha value is -3.18. The highest BCUT2D eigenvalue weighted by Gasteiger charge is 2.26. The van der Waals surface area contributed by atoms with Crippen molar-refractivity contribution in [2.45, 2.75) is 19.1 Å². The van der Waals surface area contributed by atoms with Gasteiger partial charge in [-0.05, 0) is 52.9 Å². The van der Waals surface area contributed by atoms with Gasteiger partial charge in [-0.3, -0.25) is 0 Å². The molecule has 3 aromatic rings. The number of methoxy groups -OCH3 is 1. The molecule has 29 heavy (non-hydrogen) atoms. The lowest BCUT2D eigenvalue weighted by Crippen LogP contribution is -2.30. The van der Waals surface area contributed by atoms with E-state index in [1.807, 2.05) is 36.4 Å². The number of benzene rings is 3. The van der Waals surface area contributed by atoms with Crippen LogP contribution in [0.1, 0.15) is 28.3 Å². The molecule has 1 N–H and O–H groups in total. The Kier molecular flexibility index (Phi) is 4.74. The summed E-state index contributed by atoms with van der Waals surface area (Å²) in [5.74, 6) is 3.12. The minimum atomic E-state index is 0.0744. The Bertz CT molecular complexity index is 1020. The molecule has 0 aromatic heterocycles. The zero-order chi connectivity index (χ0) is 19.6. The number of hydrogen-bond donors (Lipinski definition) is 1. The van der Waals surface area contributed by atoms with E-state index in [2.05, 4.69) is 29.6 Å². The molecule has 3 aromatic carbocycles. The molecule has 0 saturated heterocycles. The smallest absolute Gasteiger partial charge is 0.231 e. The Morgan fingerprint density at radius 2 is 1.79 bits per heavy atom. The van der Waals surface area contributed by atoms with E-state index in [9.17, 15) is 0 Å². The first-order valence-corrected chi connectivity index (χ1v) is 9.82. The van der Waals surface area contributed by atoms with E-state index < -0.39 is 0 Å². The first-order valence-electron chi connectivity index (χ1n) is 9.82. The molecule has 5 heteroatoms. The van der Waals surface area contributed by atoms with Crippen LogP contribution in [0.15, 0.2) is 60.7 Å². The molecule has 148 valence electrons. The molecular weight excluding hydrogens is 366 g/mol. The van der Waals surface area contributed by atoms with Gasteiger partial charge in [0.15, 0.2) is 23.0 Å². The Morgan fingerprint density at radius 1 is 0.966 bits per heavy atom. The summed E-state index contributed by atoms with van der Waals surface area (Å²) in [5, 5.41) is 3.62. The van der Waals surface area contributed by atoms with Gasteiger partial charge in [0.05, 0.1) is 13.2 Å². The monoisotopic (exact) mass is 389 g/mol. The van der Waals surface area contributed by atoms with E-state index in [1.165, 1.54) is 11.1 Å². The molecule has 0 aliphatic carbocycles. The quantitative estimate of drug-likeness (QED) is 0.707. The van der Waals surface area contributed by atoms with Crippen molar-refractivity contribution < 1.29 is 18.9 Å². The largest absolute Gasteiger partial charge is 0.493 e. The summed E-state index contributed by atoms with van der Waals surface area (Å²) in [5.41, 5.74) is 4.77. The van der Waals surface area contributed by atoms with Crippen LogP contribution in [0.4, 0.5) is 0 Å². The highest BCUT2D eigenvalue weighted by atomic mass is 16.7. The second-order valence-corrected chi connectivity index (χ2v) is 7.23. The van der Waals surface area contributed by atoms with E-state index in [4.69, 9.17) is 18.9 Å². The molecule has 0 radical (unpaired) electrons. The first kappa shape index (κ1) is 17.9. The number of ether oxygens (including phenoxy) is 4. The molecule has 2 aliphatic rings. The van der Waals surface area contributed by atoms with Crippen molar-refractivity contribution in [2.24, 2.45) is 0 Å². The number of nitrogens with one attached hydrogen (secondary N) is 1. The third-order valence-corrected chi connectivity index (χ3v) is 5.45. The van der Waals surface area contributed by atoms with Gasteiger partial charge in [0.2, 0.25) is 6.79 Å². The van der Waals surface area contributed by atoms with Crippen LogP contribution < -0.4 is 24.3 Å². The molecule has 1 unspecified atom stereocenters. The second-order valence-electron chi connectivity index (χ2n) is 7.23. The summed E-state index contributed by atoms with van der Waals surface area (Å²) in [7, 11) is 1.68. The highest BCUT2D eigenvalue weighted by molar-refractivity contribution is 5.54. The van der Waals surface area contributed by atoms with Crippen LogP contribution in [-0.2, 0) is 13.0 Å². The van der Waals surface area contributed by atoms with E-state index in [-0.39, 0.29) is 12.8 Å². The standard InChI is InChI=1S/C24H23NO4/c1-26-21-12-18(7-8-20(21)27-14-16-5-3-2-4-6-16)24-19-13-23-22(28-15-29-23)11-17(19)9-10-25-24/h2-8,11-13,24-25H,9-10,14-15H2,1H3. The normalized spacial score (nSPS) is 16.9. The van der Waals surface area contributed by atoms with Gasteiger partial charge in [0.1, 0.15) is 6.61 Å². The molecule has 0 bridgehead atoms. The van der Waals surface area contributed by atoms with Crippen molar-refractivity contribution in [3.05, 3.63) is 82.9 Å². The zero-order valence-corrected chi connectivity index (χ0v) is 16.3. The SMILES string of the molecule is COc1cc(C2NCCc3cc4c(cc32)OCO4)ccc1OCc1ccccc1. The number of rotatable bonds is 5. The molecule has 0 amide bonds. The van der Waals surface area contributed by atoms with Gasteiger partial charge >= 0.3 is 0 Å². The van der Waals surface area contributed by atoms with Crippen LogP contribution in [0.25, 0.3) is 0 Å². The van der Waals surface area contributed by atoms with Crippen LogP contribution in [0.5, 0.6) is 23.0 Å². The van der Waals surface area contributed by atoms with E-state index in [1.54, 1.807) is 7.11 Å². The van der Waals surface area contributed by atoms with Crippen molar-refractivity contribution in [1.82, 2.24) is 5.32 Å². The fraction of sp³-hybridized carbons (Fsp3) is 0.250. The van der Waals surface area contributed by atoms with Gasteiger partial charge in [0.25, 0.3) is 0 Å². The van der Waals surface area contributed by atoms with Crippen LogP contribution in [0.2, 0.25) is 0 Å². The van der Waals surface area contributed by atoms with Crippen LogP contribution in [0.3, 0.4) is 0 Å². The van der Waals surface area contributed by atoms with E-state index >= 15 is 0 Å². The molecule has 2 heterocycles. The third-order valence-electron chi connectivity index (χ3n) is 5.45. The van der Waals surface area contributed by atoms with Crippen LogP contribution in [-0.4, -0.2) is 20.4 Å². The molecule has 0 spiro atoms. The Labute approximate surface area is 170 Å². The summed E-state index contributed by atoms with van der Waals surface area (Å²) in [6, 6.07) is 20.5. The number of fused-ring (bicyclic) bond motifs is 2. The van der Waals surface area contributed by atoms with E-state index in [0.717, 1.165) is 47.1 Å². The predicted octanol–water partition coefficient (Wildman–Crippen LogP) is 4.24. The maximum Gasteiger partial charge on any atom is 0.231 e. The molecular formula is C24H23NO4. The fourth-order valence-corrected chi connectivity index (χ4v) is 3.96. The van der Waals surface area contributed by atoms with Gasteiger partial charge in [0, 0.05) is 6.54 Å². The lowest BCUT2D eigenvalue weighted by molar-refractivity contribution is 0.174. The summed E-state index contributed by atoms with van der Waals surface area (Å²) in [4.78, 5) is 0. The lowest BCUT2D eigenvalue weighted by Gasteiger charge is -2.28. The first-order chi connectivity index (χ1) is 14.3. The Morgan fingerprint density at radius 3 is 2.62 bits per heavy atom. The van der Waals surface area contributed by atoms with Crippen molar-refractivity contribution in [3.63, 3.8) is 0 Å². The summed E-state index contributed by atoms with van der Waals surface area (Å²) in [6.45, 7) is 1.70. The maximum absolute atomic E-state index is 6.00. The van der Waals surface area contributed by atoms with Gasteiger partial charge in [-0.1, -0.05) is 36.4 Å². The van der Waals surface area contributed by atoms with Crippen molar-refractivity contribution in [2.75, 3.05) is 20.4 Å². The molecule has 0 fully saturated rings. The van der Waals surface area contributed by atoms with Crippen molar-refractivity contribution >= 4 is 0 Å². The molecule has 2 aliphatic heterocycles. The average molecular weight is 389 g/mol. The zero-order valence-electron chi connectivity index (χ0n) is 16.3. The van der Waals surface area contributed by atoms with Crippen molar-refractivity contribution in [3.8, 4) is 23.0 Å². The average Bonchev–Trinajstić information content (AvgIpc) is 3.23. The molecule has 5 rings (SSSR count). The predicted molar refractivity (Wildman–Crippen MR) is 110 cm³/mol. The van der Waals surface area contributed by atoms with Crippen LogP contribution >= 0.6 is 0 Å². The number of hydrogen-bond acceptors (Lipinski definition) is 5. The second kappa shape index (κ2) is 7.68. The van der Waals surface area contributed by atoms with Gasteiger partial charge in [-0.2, -0.15) is 0 Å².